The first-order valence-electron chi connectivity index (χ1n) is 24.9. The van der Waals surface area contributed by atoms with Gasteiger partial charge in [-0.05, 0) is 66.8 Å². The fourth-order valence-corrected chi connectivity index (χ4v) is 8.92. The number of ether oxygens (including phenoxy) is 3. The van der Waals surface area contributed by atoms with Crippen molar-refractivity contribution >= 4 is 60.9 Å². The predicted octanol–water partition coefficient (Wildman–Crippen LogP) is 8.09. The van der Waals surface area contributed by atoms with E-state index < -0.39 is 79.8 Å². The number of carboxylic acid groups (broad SMARTS) is 1. The molecule has 19 nitrogen and oxygen atoms in total. The van der Waals surface area contributed by atoms with Crippen LogP contribution in [0, 0.1) is 5.95 Å². The molecule has 0 fully saturated rings. The maximum atomic E-state index is 14.7. The van der Waals surface area contributed by atoms with Crippen molar-refractivity contribution in [2.75, 3.05) is 13.2 Å². The fraction of sp³-hybridized carbons (Fsp3) is 0.345. The molecular weight excluding hydrogens is 1040 g/mol. The quantitative estimate of drug-likeness (QED) is 0.00857. The molecule has 0 aliphatic heterocycles. The number of rotatable bonds is 34. The number of unbranched alkanes of at least 4 members (excludes halogenated alkanes) is 2. The number of amides is 3. The number of aromatic nitrogens is 1. The van der Waals surface area contributed by atoms with E-state index >= 15 is 0 Å². The van der Waals surface area contributed by atoms with E-state index in [1.165, 1.54) is 0 Å². The molecule has 5 aromatic rings. The number of nitrogens with zero attached hydrogens (tertiary/aromatic N) is 1. The van der Waals surface area contributed by atoms with Crippen LogP contribution in [0.3, 0.4) is 0 Å². The summed E-state index contributed by atoms with van der Waals surface area (Å²) in [4.78, 5) is 94.2. The van der Waals surface area contributed by atoms with Crippen molar-refractivity contribution in [3.63, 3.8) is 0 Å². The molecule has 3 amide bonds. The van der Waals surface area contributed by atoms with Crippen molar-refractivity contribution in [1.82, 2.24) is 26.0 Å². The number of carbonyl (C=O) groups is 7. The average molecular weight is 1100 g/mol. The first-order chi connectivity index (χ1) is 37.2. The van der Waals surface area contributed by atoms with E-state index in [9.17, 15) is 47.6 Å². The lowest BCUT2D eigenvalue weighted by molar-refractivity contribution is -0.150. The minimum atomic E-state index is -4.48. The summed E-state index contributed by atoms with van der Waals surface area (Å²) in [7, 11) is -4.48. The van der Waals surface area contributed by atoms with Crippen molar-refractivity contribution in [1.29, 1.82) is 0 Å². The summed E-state index contributed by atoms with van der Waals surface area (Å²) in [5.41, 5.74) is 2.79. The summed E-state index contributed by atoms with van der Waals surface area (Å²) in [6.07, 6.45) is 0.917. The van der Waals surface area contributed by atoms with Gasteiger partial charge in [-0.2, -0.15) is 4.39 Å². The van der Waals surface area contributed by atoms with E-state index in [-0.39, 0.29) is 88.7 Å². The number of benzene rings is 4. The molecule has 0 bridgehead atoms. The van der Waals surface area contributed by atoms with E-state index in [2.05, 4.69) is 26.0 Å². The number of hydrogen-bond acceptors (Lipinski definition) is 14. The lowest BCUT2D eigenvalue weighted by atomic mass is 10.1. The molecule has 1 heterocycles. The van der Waals surface area contributed by atoms with Crippen LogP contribution in [0.15, 0.2) is 134 Å². The van der Waals surface area contributed by atoms with Gasteiger partial charge >= 0.3 is 31.6 Å². The average Bonchev–Trinajstić information content (AvgIpc) is 3.44. The number of pyridine rings is 1. The molecule has 1 aromatic heterocycles. The Morgan fingerprint density at radius 3 is 1.65 bits per heavy atom. The van der Waals surface area contributed by atoms with Crippen LogP contribution in [-0.2, 0) is 83.0 Å². The molecule has 0 radical (unpaired) electrons. The SMILES string of the molecule is O=C(CCCCCNC(=O)c1cnc([18F])c(Cl)c1)N[C@@H](CCC(=O)N[C@@H](CCCOP(=O)(N[C@@H](CCC(=O)OCc1ccccc1)C(=O)OCc1ccccc1)OCc1ccccc1)C(=O)OCc1ccccc1)C(=O)O. The first-order valence-corrected chi connectivity index (χ1v) is 26.8. The largest absolute Gasteiger partial charge is 0.480 e. The van der Waals surface area contributed by atoms with Gasteiger partial charge < -0.3 is 35.3 Å². The molecule has 4 atom stereocenters. The number of hydrogen-bond donors (Lipinski definition) is 5. The Hall–Kier alpha value is -7.35. The highest BCUT2D eigenvalue weighted by molar-refractivity contribution is 7.51. The van der Waals surface area contributed by atoms with Gasteiger partial charge in [0, 0.05) is 32.0 Å². The molecule has 0 aliphatic rings. The molecule has 410 valence electrons. The molecule has 1 unspecified atom stereocenters. The van der Waals surface area contributed by atoms with Gasteiger partial charge in [-0.25, -0.2) is 24.2 Å². The number of carbonyl (C=O) groups excluding carboxylic acids is 6. The monoisotopic (exact) mass is 1100 g/mol. The Kier molecular flexibility index (Phi) is 25.9. The number of nitrogens with one attached hydrogen (secondary N) is 4. The van der Waals surface area contributed by atoms with Gasteiger partial charge in [-0.3, -0.25) is 33.0 Å². The van der Waals surface area contributed by atoms with Crippen LogP contribution in [0.1, 0.15) is 96.8 Å². The van der Waals surface area contributed by atoms with Gasteiger partial charge in [0.15, 0.2) is 0 Å². The summed E-state index contributed by atoms with van der Waals surface area (Å²) < 4.78 is 56.3. The van der Waals surface area contributed by atoms with Crippen LogP contribution in [0.25, 0.3) is 0 Å². The van der Waals surface area contributed by atoms with E-state index in [1.807, 2.05) is 6.07 Å². The molecule has 77 heavy (non-hydrogen) atoms. The normalized spacial score (nSPS) is 12.9. The third-order valence-corrected chi connectivity index (χ3v) is 13.3. The number of aliphatic carboxylic acids is 1. The van der Waals surface area contributed by atoms with E-state index in [1.54, 1.807) is 115 Å². The Morgan fingerprint density at radius 2 is 1.09 bits per heavy atom. The van der Waals surface area contributed by atoms with Crippen LogP contribution in [-0.4, -0.2) is 83.0 Å². The fourth-order valence-electron chi connectivity index (χ4n) is 7.23. The zero-order valence-corrected chi connectivity index (χ0v) is 43.8. The number of carboxylic acids is 1. The standard InChI is InChI=1S/C55H62ClFN5O14P/c56-44-33-43(34-59-51(44)57)52(66)58-31-15-5-14-26-48(63)60-45(53(67)68)27-29-49(64)61-46(54(69)73-36-40-19-8-2-9-20-40)25-16-32-75-77(71,76-38-42-23-12-4-13-24-42)62-47(55(70)74-37-41-21-10-3-11-22-41)28-30-50(65)72-35-39-17-6-1-7-18-39/h1-4,6-13,17-24,33-34,45-47H,5,14-16,25-32,35-38H2,(H,58,66)(H,60,63)(H,61,64)(H,62,71)(H,67,68)/t45-,46-,47-,77?/m0/s1/i57-1. The molecule has 4 aromatic carbocycles. The van der Waals surface area contributed by atoms with Gasteiger partial charge in [0.1, 0.15) is 37.9 Å². The highest BCUT2D eigenvalue weighted by Gasteiger charge is 2.34. The predicted molar refractivity (Wildman–Crippen MR) is 280 cm³/mol. The maximum absolute atomic E-state index is 14.7. The van der Waals surface area contributed by atoms with Crippen LogP contribution < -0.4 is 21.0 Å². The Bertz CT molecular complexity index is 2730. The van der Waals surface area contributed by atoms with Crippen molar-refractivity contribution in [2.45, 2.75) is 109 Å². The summed E-state index contributed by atoms with van der Waals surface area (Å²) in [6, 6.07) is 32.4. The minimum Gasteiger partial charge on any atom is -0.480 e. The second-order valence-electron chi connectivity index (χ2n) is 17.5. The van der Waals surface area contributed by atoms with Gasteiger partial charge in [0.25, 0.3) is 5.91 Å². The Labute approximate surface area is 450 Å². The topological polar surface area (TPSA) is 264 Å². The van der Waals surface area contributed by atoms with Gasteiger partial charge in [0.05, 0.1) is 23.8 Å². The van der Waals surface area contributed by atoms with Crippen molar-refractivity contribution in [2.24, 2.45) is 0 Å². The second-order valence-corrected chi connectivity index (χ2v) is 19.6. The maximum Gasteiger partial charge on any atom is 0.406 e. The summed E-state index contributed by atoms with van der Waals surface area (Å²) >= 11 is 5.69. The van der Waals surface area contributed by atoms with Gasteiger partial charge in [-0.1, -0.05) is 139 Å². The van der Waals surface area contributed by atoms with Crippen molar-refractivity contribution < 1.29 is 70.9 Å². The summed E-state index contributed by atoms with van der Waals surface area (Å²) in [5.74, 6) is -6.41. The van der Waals surface area contributed by atoms with Crippen LogP contribution >= 0.6 is 19.3 Å². The second kappa shape index (κ2) is 32.9. The zero-order valence-electron chi connectivity index (χ0n) is 42.2. The Balaban J connectivity index is 1.18. The minimum absolute atomic E-state index is 0.00700. The highest BCUT2D eigenvalue weighted by atomic mass is 35.5. The Morgan fingerprint density at radius 1 is 0.584 bits per heavy atom. The van der Waals surface area contributed by atoms with Gasteiger partial charge in [-0.15, -0.1) is 0 Å². The zero-order chi connectivity index (χ0) is 55.3. The smallest absolute Gasteiger partial charge is 0.406 e. The van der Waals surface area contributed by atoms with Crippen molar-refractivity contribution in [3.05, 3.63) is 172 Å². The van der Waals surface area contributed by atoms with Crippen molar-refractivity contribution in [3.8, 4) is 0 Å². The molecule has 22 heteroatoms. The third-order valence-electron chi connectivity index (χ3n) is 11.4. The molecule has 0 saturated carbocycles. The summed E-state index contributed by atoms with van der Waals surface area (Å²) in [5, 5.41) is 20.0. The van der Waals surface area contributed by atoms with E-state index in [0.717, 1.165) is 17.8 Å². The molecule has 0 spiro atoms. The summed E-state index contributed by atoms with van der Waals surface area (Å²) in [6.45, 7) is -0.617. The number of esters is 3. The molecule has 0 aliphatic carbocycles. The third kappa shape index (κ3) is 23.2. The number of halogens is 2. The lowest BCUT2D eigenvalue weighted by Gasteiger charge is -2.25. The van der Waals surface area contributed by atoms with Crippen LogP contribution in [0.4, 0.5) is 4.39 Å². The van der Waals surface area contributed by atoms with Gasteiger partial charge in [0.2, 0.25) is 17.8 Å². The first kappa shape index (κ1) is 60.5. The molecule has 5 rings (SSSR count). The highest BCUT2D eigenvalue weighted by Crippen LogP contribution is 2.46. The molecular formula is C55H62ClFN5O14P. The van der Waals surface area contributed by atoms with Crippen LogP contribution in [0.5, 0.6) is 0 Å². The van der Waals surface area contributed by atoms with Crippen LogP contribution in [0.2, 0.25) is 5.02 Å². The van der Waals surface area contributed by atoms with E-state index in [0.29, 0.717) is 36.0 Å². The molecule has 0 saturated heterocycles. The lowest BCUT2D eigenvalue weighted by Crippen LogP contribution is -2.44. The van der Waals surface area contributed by atoms with E-state index in [4.69, 9.17) is 34.9 Å². The molecule has 5 N–H and O–H groups in total.